The maximum atomic E-state index is 4.65. The van der Waals surface area contributed by atoms with Gasteiger partial charge in [0.2, 0.25) is 0 Å². The molecule has 1 aromatic carbocycles. The van der Waals surface area contributed by atoms with Crippen molar-refractivity contribution in [2.75, 3.05) is 7.05 Å². The second-order valence-corrected chi connectivity index (χ2v) is 4.30. The summed E-state index contributed by atoms with van der Waals surface area (Å²) in [7, 11) is 1.94. The van der Waals surface area contributed by atoms with Crippen molar-refractivity contribution < 1.29 is 0 Å². The van der Waals surface area contributed by atoms with E-state index >= 15 is 0 Å². The molecule has 0 aliphatic rings. The lowest BCUT2D eigenvalue weighted by atomic mass is 10.1. The summed E-state index contributed by atoms with van der Waals surface area (Å²) in [5, 5.41) is 3.15. The maximum Gasteiger partial charge on any atom is 0.132 e. The first-order valence-electron chi connectivity index (χ1n) is 6.35. The number of hydrogen-bond donors (Lipinski definition) is 1. The molecule has 0 aliphatic carbocycles. The Hall–Kier alpha value is -1.74. The van der Waals surface area contributed by atoms with Gasteiger partial charge in [0.25, 0.3) is 0 Å². The predicted molar refractivity (Wildman–Crippen MR) is 73.4 cm³/mol. The Bertz CT molecular complexity index is 494. The first-order chi connectivity index (χ1) is 8.83. The Morgan fingerprint density at radius 2 is 1.94 bits per heavy atom. The fourth-order valence-corrected chi connectivity index (χ4v) is 1.99. The number of benzene rings is 1. The fraction of sp³-hybridized carbons (Fsp3) is 0.333. The van der Waals surface area contributed by atoms with Crippen molar-refractivity contribution in [3.63, 3.8) is 0 Å². The van der Waals surface area contributed by atoms with E-state index in [1.807, 2.05) is 31.4 Å². The first kappa shape index (κ1) is 12.7. The highest BCUT2D eigenvalue weighted by atomic mass is 14.9. The minimum atomic E-state index is 0.799. The molecule has 0 aliphatic heterocycles. The minimum Gasteiger partial charge on any atom is -0.316 e. The molecule has 94 valence electrons. The van der Waals surface area contributed by atoms with E-state index in [4.69, 9.17) is 0 Å². The Morgan fingerprint density at radius 1 is 1.17 bits per heavy atom. The van der Waals surface area contributed by atoms with Crippen LogP contribution in [0.25, 0.3) is 0 Å². The lowest BCUT2D eigenvalue weighted by molar-refractivity contribution is 0.773. The van der Waals surface area contributed by atoms with Crippen LogP contribution in [0.5, 0.6) is 0 Å². The molecule has 2 rings (SSSR count). The number of aryl methyl sites for hydroxylation is 1. The van der Waals surface area contributed by atoms with Crippen LogP contribution in [0.3, 0.4) is 0 Å². The second kappa shape index (κ2) is 6.26. The number of nitrogens with zero attached hydrogens (tertiary/aromatic N) is 2. The van der Waals surface area contributed by atoms with Crippen molar-refractivity contribution in [1.29, 1.82) is 0 Å². The molecule has 0 saturated carbocycles. The van der Waals surface area contributed by atoms with Crippen LogP contribution in [-0.2, 0) is 19.4 Å². The lowest BCUT2D eigenvalue weighted by Crippen LogP contribution is -2.11. The van der Waals surface area contributed by atoms with Crippen molar-refractivity contribution in [2.45, 2.75) is 26.3 Å². The number of nitrogens with one attached hydrogen (secondary N) is 1. The molecule has 1 aromatic heterocycles. The lowest BCUT2D eigenvalue weighted by Gasteiger charge is -2.08. The van der Waals surface area contributed by atoms with E-state index in [2.05, 4.69) is 34.3 Å². The summed E-state index contributed by atoms with van der Waals surface area (Å²) in [5.41, 5.74) is 3.59. The Balaban J connectivity index is 2.19. The molecule has 1 N–H and O–H groups in total. The van der Waals surface area contributed by atoms with Crippen molar-refractivity contribution in [3.8, 4) is 0 Å². The molecule has 1 heterocycles. The fourth-order valence-electron chi connectivity index (χ4n) is 1.99. The van der Waals surface area contributed by atoms with E-state index in [1.165, 1.54) is 11.1 Å². The van der Waals surface area contributed by atoms with Gasteiger partial charge in [-0.2, -0.15) is 0 Å². The van der Waals surface area contributed by atoms with E-state index in [0.717, 1.165) is 30.9 Å². The SMILES string of the molecule is CCc1nc(Cc2ccccc2)ncc1CNC. The summed E-state index contributed by atoms with van der Waals surface area (Å²) in [6.45, 7) is 2.96. The van der Waals surface area contributed by atoms with Gasteiger partial charge in [-0.3, -0.25) is 0 Å². The van der Waals surface area contributed by atoms with Crippen LogP contribution >= 0.6 is 0 Å². The molecule has 3 heteroatoms. The average molecular weight is 241 g/mol. The average Bonchev–Trinajstić information content (AvgIpc) is 2.42. The maximum absolute atomic E-state index is 4.65. The van der Waals surface area contributed by atoms with Gasteiger partial charge in [-0.1, -0.05) is 37.3 Å². The molecule has 3 nitrogen and oxygen atoms in total. The summed E-state index contributed by atoms with van der Waals surface area (Å²) in [6, 6.07) is 10.3. The van der Waals surface area contributed by atoms with Gasteiger partial charge in [-0.25, -0.2) is 9.97 Å². The van der Waals surface area contributed by atoms with Gasteiger partial charge >= 0.3 is 0 Å². The van der Waals surface area contributed by atoms with Gasteiger partial charge in [0.15, 0.2) is 0 Å². The largest absolute Gasteiger partial charge is 0.316 e. The monoisotopic (exact) mass is 241 g/mol. The molecule has 0 spiro atoms. The summed E-state index contributed by atoms with van der Waals surface area (Å²) in [4.78, 5) is 9.10. The summed E-state index contributed by atoms with van der Waals surface area (Å²) >= 11 is 0. The zero-order valence-electron chi connectivity index (χ0n) is 11.0. The molecule has 0 fully saturated rings. The molecule has 0 radical (unpaired) electrons. The van der Waals surface area contributed by atoms with Crippen molar-refractivity contribution in [2.24, 2.45) is 0 Å². The normalized spacial score (nSPS) is 10.6. The smallest absolute Gasteiger partial charge is 0.132 e. The third-order valence-corrected chi connectivity index (χ3v) is 2.91. The van der Waals surface area contributed by atoms with E-state index < -0.39 is 0 Å². The van der Waals surface area contributed by atoms with Gasteiger partial charge in [-0.05, 0) is 19.0 Å². The van der Waals surface area contributed by atoms with E-state index in [-0.39, 0.29) is 0 Å². The zero-order chi connectivity index (χ0) is 12.8. The topological polar surface area (TPSA) is 37.8 Å². The molecular weight excluding hydrogens is 222 g/mol. The van der Waals surface area contributed by atoms with Gasteiger partial charge in [0, 0.05) is 30.4 Å². The van der Waals surface area contributed by atoms with Crippen LogP contribution in [0.1, 0.15) is 29.6 Å². The van der Waals surface area contributed by atoms with Gasteiger partial charge in [0.05, 0.1) is 0 Å². The summed E-state index contributed by atoms with van der Waals surface area (Å²) in [5.74, 6) is 0.901. The number of aromatic nitrogens is 2. The minimum absolute atomic E-state index is 0.799. The Kier molecular flexibility index (Phi) is 4.42. The Labute approximate surface area is 108 Å². The molecule has 18 heavy (non-hydrogen) atoms. The predicted octanol–water partition coefficient (Wildman–Crippen LogP) is 2.35. The molecule has 0 saturated heterocycles. The summed E-state index contributed by atoms with van der Waals surface area (Å²) < 4.78 is 0. The van der Waals surface area contributed by atoms with Crippen LogP contribution in [0.2, 0.25) is 0 Å². The zero-order valence-corrected chi connectivity index (χ0v) is 11.0. The molecule has 0 atom stereocenters. The van der Waals surface area contributed by atoms with Crippen molar-refractivity contribution in [1.82, 2.24) is 15.3 Å². The van der Waals surface area contributed by atoms with E-state index in [1.54, 1.807) is 0 Å². The van der Waals surface area contributed by atoms with Crippen LogP contribution in [-0.4, -0.2) is 17.0 Å². The molecule has 0 amide bonds. The van der Waals surface area contributed by atoms with Crippen LogP contribution in [0.15, 0.2) is 36.5 Å². The van der Waals surface area contributed by atoms with Crippen LogP contribution in [0.4, 0.5) is 0 Å². The summed E-state index contributed by atoms with van der Waals surface area (Å²) in [6.07, 6.45) is 3.69. The number of rotatable bonds is 5. The quantitative estimate of drug-likeness (QED) is 0.873. The molecule has 2 aromatic rings. The standard InChI is InChI=1S/C15H19N3/c1-3-14-13(10-16-2)11-17-15(18-14)9-12-7-5-4-6-8-12/h4-8,11,16H,3,9-10H2,1-2H3. The molecule has 0 unspecified atom stereocenters. The number of hydrogen-bond acceptors (Lipinski definition) is 3. The van der Waals surface area contributed by atoms with Gasteiger partial charge in [0.1, 0.15) is 5.82 Å². The Morgan fingerprint density at radius 3 is 2.61 bits per heavy atom. The van der Waals surface area contributed by atoms with E-state index in [0.29, 0.717) is 0 Å². The third-order valence-electron chi connectivity index (χ3n) is 2.91. The van der Waals surface area contributed by atoms with Crippen LogP contribution in [0, 0.1) is 0 Å². The van der Waals surface area contributed by atoms with Crippen molar-refractivity contribution >= 4 is 0 Å². The molecular formula is C15H19N3. The highest BCUT2D eigenvalue weighted by Crippen LogP contribution is 2.10. The highest BCUT2D eigenvalue weighted by molar-refractivity contribution is 5.22. The third kappa shape index (κ3) is 3.14. The molecule has 0 bridgehead atoms. The van der Waals surface area contributed by atoms with Gasteiger partial charge in [-0.15, -0.1) is 0 Å². The van der Waals surface area contributed by atoms with Gasteiger partial charge < -0.3 is 5.32 Å². The highest BCUT2D eigenvalue weighted by Gasteiger charge is 2.05. The van der Waals surface area contributed by atoms with Crippen molar-refractivity contribution in [3.05, 3.63) is 59.2 Å². The van der Waals surface area contributed by atoms with Crippen LogP contribution < -0.4 is 5.32 Å². The van der Waals surface area contributed by atoms with E-state index in [9.17, 15) is 0 Å². The second-order valence-electron chi connectivity index (χ2n) is 4.30. The first-order valence-corrected chi connectivity index (χ1v) is 6.35.